The number of halogens is 3. The molecule has 11 heteroatoms. The van der Waals surface area contributed by atoms with Gasteiger partial charge in [-0.05, 0) is 55.6 Å². The van der Waals surface area contributed by atoms with Crippen molar-refractivity contribution in [3.05, 3.63) is 48.5 Å². The van der Waals surface area contributed by atoms with Crippen molar-refractivity contribution in [2.45, 2.75) is 13.3 Å². The van der Waals surface area contributed by atoms with Gasteiger partial charge in [-0.2, -0.15) is 0 Å². The van der Waals surface area contributed by atoms with Gasteiger partial charge in [0.25, 0.3) is 0 Å². The van der Waals surface area contributed by atoms with Gasteiger partial charge in [0.2, 0.25) is 17.7 Å². The number of hydrogen-bond acceptors (Lipinski definition) is 5. The van der Waals surface area contributed by atoms with Crippen LogP contribution in [0.5, 0.6) is 5.75 Å². The van der Waals surface area contributed by atoms with Crippen molar-refractivity contribution >= 4 is 34.8 Å². The van der Waals surface area contributed by atoms with Crippen molar-refractivity contribution < 1.29 is 32.3 Å². The fourth-order valence-electron chi connectivity index (χ4n) is 2.53. The van der Waals surface area contributed by atoms with Crippen LogP contribution in [-0.4, -0.2) is 49.1 Å². The highest BCUT2D eigenvalue weighted by molar-refractivity contribution is 5.95. The van der Waals surface area contributed by atoms with Crippen molar-refractivity contribution in [3.8, 4) is 5.75 Å². The molecule has 0 heterocycles. The molecule has 0 saturated heterocycles. The van der Waals surface area contributed by atoms with Gasteiger partial charge in [0.1, 0.15) is 5.75 Å². The van der Waals surface area contributed by atoms with Crippen molar-refractivity contribution in [1.29, 1.82) is 0 Å². The lowest BCUT2D eigenvalue weighted by molar-refractivity contribution is -0.274. The Kier molecular flexibility index (Phi) is 7.97. The predicted octanol–water partition coefficient (Wildman–Crippen LogP) is 3.05. The molecule has 0 aliphatic rings. The van der Waals surface area contributed by atoms with Gasteiger partial charge in [0, 0.05) is 24.0 Å². The Labute approximate surface area is 176 Å². The minimum absolute atomic E-state index is 0.0702. The molecule has 3 N–H and O–H groups in total. The van der Waals surface area contributed by atoms with E-state index in [4.69, 9.17) is 0 Å². The zero-order valence-corrected chi connectivity index (χ0v) is 16.7. The predicted molar refractivity (Wildman–Crippen MR) is 109 cm³/mol. The number of carbonyl (C=O) groups excluding carboxylic acids is 3. The number of ether oxygens (including phenoxy) is 1. The Balaban J connectivity index is 1.78. The number of nitrogens with zero attached hydrogens (tertiary/aromatic N) is 1. The fourth-order valence-corrected chi connectivity index (χ4v) is 2.53. The van der Waals surface area contributed by atoms with E-state index in [-0.39, 0.29) is 30.6 Å². The van der Waals surface area contributed by atoms with E-state index in [0.29, 0.717) is 11.4 Å². The average Bonchev–Trinajstić information content (AvgIpc) is 2.63. The summed E-state index contributed by atoms with van der Waals surface area (Å²) in [7, 11) is 1.57. The maximum absolute atomic E-state index is 12.2. The molecular weight excluding hydrogens is 417 g/mol. The second kappa shape index (κ2) is 10.4. The molecule has 2 aromatic carbocycles. The highest BCUT2D eigenvalue weighted by Gasteiger charge is 2.30. The maximum Gasteiger partial charge on any atom is 0.573 e. The van der Waals surface area contributed by atoms with Crippen LogP contribution in [0, 0.1) is 0 Å². The zero-order chi connectivity index (χ0) is 23.0. The number of rotatable bonds is 8. The maximum atomic E-state index is 12.2. The molecule has 0 unspecified atom stereocenters. The molecule has 3 amide bonds. The van der Waals surface area contributed by atoms with Crippen molar-refractivity contribution in [3.63, 3.8) is 0 Å². The molecule has 31 heavy (non-hydrogen) atoms. The van der Waals surface area contributed by atoms with Crippen LogP contribution in [-0.2, 0) is 14.4 Å². The number of amides is 3. The van der Waals surface area contributed by atoms with Crippen molar-refractivity contribution in [1.82, 2.24) is 4.90 Å². The first-order valence-electron chi connectivity index (χ1n) is 9.02. The Bertz CT molecular complexity index is 916. The Hall–Kier alpha value is -3.60. The van der Waals surface area contributed by atoms with E-state index in [0.717, 1.165) is 12.1 Å². The van der Waals surface area contributed by atoms with Gasteiger partial charge < -0.3 is 20.7 Å². The summed E-state index contributed by atoms with van der Waals surface area (Å²) in [5.74, 6) is -1.40. The van der Waals surface area contributed by atoms with E-state index < -0.39 is 18.0 Å². The normalized spacial score (nSPS) is 11.0. The van der Waals surface area contributed by atoms with Crippen LogP contribution in [0.1, 0.15) is 6.92 Å². The summed E-state index contributed by atoms with van der Waals surface area (Å²) in [5.41, 5.74) is 1.41. The third-order valence-electron chi connectivity index (χ3n) is 3.69. The highest BCUT2D eigenvalue weighted by Crippen LogP contribution is 2.23. The Morgan fingerprint density at radius 1 is 0.806 bits per heavy atom. The van der Waals surface area contributed by atoms with E-state index >= 15 is 0 Å². The average molecular weight is 438 g/mol. The lowest BCUT2D eigenvalue weighted by atomic mass is 10.2. The van der Waals surface area contributed by atoms with Crippen LogP contribution >= 0.6 is 0 Å². The molecule has 0 spiro atoms. The first-order valence-corrected chi connectivity index (χ1v) is 9.02. The Morgan fingerprint density at radius 3 is 1.58 bits per heavy atom. The van der Waals surface area contributed by atoms with E-state index in [1.807, 2.05) is 0 Å². The number of nitrogens with one attached hydrogen (secondary N) is 3. The quantitative estimate of drug-likeness (QED) is 0.588. The molecule has 0 saturated carbocycles. The van der Waals surface area contributed by atoms with Gasteiger partial charge >= 0.3 is 6.36 Å². The van der Waals surface area contributed by atoms with Gasteiger partial charge in [0.05, 0.1) is 13.1 Å². The van der Waals surface area contributed by atoms with E-state index in [1.54, 1.807) is 31.3 Å². The summed E-state index contributed by atoms with van der Waals surface area (Å²) in [4.78, 5) is 36.7. The summed E-state index contributed by atoms with van der Waals surface area (Å²) >= 11 is 0. The molecule has 0 atom stereocenters. The molecule has 8 nitrogen and oxygen atoms in total. The van der Waals surface area contributed by atoms with E-state index in [9.17, 15) is 27.6 Å². The van der Waals surface area contributed by atoms with Gasteiger partial charge in [-0.1, -0.05) is 0 Å². The molecule has 0 bridgehead atoms. The molecule has 0 aliphatic heterocycles. The topological polar surface area (TPSA) is 99.8 Å². The molecule has 2 rings (SSSR count). The van der Waals surface area contributed by atoms with Gasteiger partial charge in [-0.15, -0.1) is 13.2 Å². The number of alkyl halides is 3. The molecule has 0 aliphatic carbocycles. The number of likely N-dealkylation sites (N-methyl/N-ethyl adjacent to an activating group) is 1. The monoisotopic (exact) mass is 438 g/mol. The Morgan fingerprint density at radius 2 is 1.19 bits per heavy atom. The number of benzene rings is 2. The highest BCUT2D eigenvalue weighted by atomic mass is 19.4. The summed E-state index contributed by atoms with van der Waals surface area (Å²) < 4.78 is 40.2. The largest absolute Gasteiger partial charge is 0.573 e. The molecule has 2 aromatic rings. The van der Waals surface area contributed by atoms with Crippen LogP contribution in [0.2, 0.25) is 0 Å². The van der Waals surface area contributed by atoms with Crippen LogP contribution in [0.15, 0.2) is 48.5 Å². The number of anilines is 3. The summed E-state index contributed by atoms with van der Waals surface area (Å²) in [6, 6.07) is 11.2. The van der Waals surface area contributed by atoms with Crippen molar-refractivity contribution in [2.75, 3.05) is 36.1 Å². The third kappa shape index (κ3) is 9.17. The SMILES string of the molecule is CC(=O)Nc1ccc(NC(=O)CN(C)CC(=O)Nc2ccc(OC(F)(F)F)cc2)cc1. The number of carbonyl (C=O) groups is 3. The summed E-state index contributed by atoms with van der Waals surface area (Å²) in [5, 5.41) is 7.81. The number of hydrogen-bond donors (Lipinski definition) is 3. The van der Waals surface area contributed by atoms with Gasteiger partial charge in [0.15, 0.2) is 0 Å². The zero-order valence-electron chi connectivity index (χ0n) is 16.7. The molecular formula is C20H21F3N4O4. The van der Waals surface area contributed by atoms with Crippen LogP contribution in [0.3, 0.4) is 0 Å². The van der Waals surface area contributed by atoms with E-state index in [1.165, 1.54) is 24.0 Å². The second-order valence-electron chi connectivity index (χ2n) is 6.60. The minimum Gasteiger partial charge on any atom is -0.406 e. The molecule has 166 valence electrons. The lowest BCUT2D eigenvalue weighted by Crippen LogP contribution is -2.36. The van der Waals surface area contributed by atoms with Gasteiger partial charge in [-0.25, -0.2) is 0 Å². The fraction of sp³-hybridized carbons (Fsp3) is 0.250. The van der Waals surface area contributed by atoms with Crippen LogP contribution in [0.4, 0.5) is 30.2 Å². The van der Waals surface area contributed by atoms with Crippen molar-refractivity contribution in [2.24, 2.45) is 0 Å². The first-order chi connectivity index (χ1) is 14.5. The lowest BCUT2D eigenvalue weighted by Gasteiger charge is -2.16. The van der Waals surface area contributed by atoms with Crippen LogP contribution in [0.25, 0.3) is 0 Å². The molecule has 0 aromatic heterocycles. The van der Waals surface area contributed by atoms with E-state index in [2.05, 4.69) is 20.7 Å². The first kappa shape index (κ1) is 23.7. The second-order valence-corrected chi connectivity index (χ2v) is 6.60. The minimum atomic E-state index is -4.79. The molecule has 0 fully saturated rings. The van der Waals surface area contributed by atoms with Gasteiger partial charge in [-0.3, -0.25) is 19.3 Å². The van der Waals surface area contributed by atoms with Crippen LogP contribution < -0.4 is 20.7 Å². The summed E-state index contributed by atoms with van der Waals surface area (Å²) in [6.07, 6.45) is -4.79. The summed E-state index contributed by atoms with van der Waals surface area (Å²) in [6.45, 7) is 1.20. The third-order valence-corrected chi connectivity index (χ3v) is 3.69. The molecule has 0 radical (unpaired) electrons. The standard InChI is InChI=1S/C20H21F3N4O4/c1-13(28)24-14-3-5-15(6-4-14)25-18(29)11-27(2)12-19(30)26-16-7-9-17(10-8-16)31-20(21,22)23/h3-10H,11-12H2,1-2H3,(H,24,28)(H,25,29)(H,26,30). The smallest absolute Gasteiger partial charge is 0.406 e.